The van der Waals surface area contributed by atoms with Gasteiger partial charge < -0.3 is 5.32 Å². The van der Waals surface area contributed by atoms with Gasteiger partial charge in [-0.2, -0.15) is 8.78 Å². The van der Waals surface area contributed by atoms with Crippen LogP contribution in [-0.2, 0) is 0 Å². The van der Waals surface area contributed by atoms with E-state index < -0.39 is 5.76 Å². The van der Waals surface area contributed by atoms with Crippen molar-refractivity contribution in [2.45, 2.75) is 15.0 Å². The number of halogens is 2. The topological polar surface area (TPSA) is 37.8 Å². The number of alkyl halides is 2. The van der Waals surface area contributed by atoms with Crippen LogP contribution >= 0.6 is 34.9 Å². The van der Waals surface area contributed by atoms with E-state index in [0.29, 0.717) is 21.8 Å². The van der Waals surface area contributed by atoms with Gasteiger partial charge in [0.25, 0.3) is 5.76 Å². The van der Waals surface area contributed by atoms with Crippen molar-refractivity contribution in [1.29, 1.82) is 0 Å². The summed E-state index contributed by atoms with van der Waals surface area (Å²) in [6.45, 7) is 3.64. The third-order valence-corrected chi connectivity index (χ3v) is 4.75. The predicted octanol–water partition coefficient (Wildman–Crippen LogP) is 4.87. The van der Waals surface area contributed by atoms with Crippen molar-refractivity contribution in [1.82, 2.24) is 10.2 Å². The second kappa shape index (κ2) is 7.61. The van der Waals surface area contributed by atoms with Crippen molar-refractivity contribution in [3.05, 3.63) is 36.9 Å². The number of benzene rings is 1. The maximum Gasteiger partial charge on any atom is 0.288 e. The standard InChI is InChI=1S/C12H11F2N3S3/c1-2-7-18-12-17-16-11(20-12)15-8-3-5-9(6-4-8)19-10(13)14/h2-6,10H,1,7H2,(H,15,16). The molecule has 20 heavy (non-hydrogen) atoms. The van der Waals surface area contributed by atoms with Gasteiger partial charge in [-0.15, -0.1) is 16.8 Å². The zero-order chi connectivity index (χ0) is 14.4. The van der Waals surface area contributed by atoms with Gasteiger partial charge in [0.1, 0.15) is 0 Å². The lowest BCUT2D eigenvalue weighted by Gasteiger charge is -2.03. The molecule has 0 atom stereocenters. The number of nitrogens with one attached hydrogen (secondary N) is 1. The van der Waals surface area contributed by atoms with Gasteiger partial charge >= 0.3 is 0 Å². The van der Waals surface area contributed by atoms with E-state index in [0.717, 1.165) is 15.8 Å². The number of hydrogen-bond acceptors (Lipinski definition) is 6. The van der Waals surface area contributed by atoms with Gasteiger partial charge in [0.05, 0.1) is 0 Å². The van der Waals surface area contributed by atoms with Gasteiger partial charge in [-0.3, -0.25) is 0 Å². The number of anilines is 2. The first kappa shape index (κ1) is 15.3. The molecule has 0 unspecified atom stereocenters. The zero-order valence-electron chi connectivity index (χ0n) is 10.3. The van der Waals surface area contributed by atoms with Crippen molar-refractivity contribution in [2.24, 2.45) is 0 Å². The van der Waals surface area contributed by atoms with Crippen LogP contribution in [0.2, 0.25) is 0 Å². The van der Waals surface area contributed by atoms with E-state index in [4.69, 9.17) is 0 Å². The minimum absolute atomic E-state index is 0.527. The maximum absolute atomic E-state index is 12.2. The number of hydrogen-bond donors (Lipinski definition) is 1. The fraction of sp³-hybridized carbons (Fsp3) is 0.167. The van der Waals surface area contributed by atoms with Crippen LogP contribution in [-0.4, -0.2) is 21.7 Å². The molecule has 0 amide bonds. The SMILES string of the molecule is C=CCSc1nnc(Nc2ccc(SC(F)F)cc2)s1. The Kier molecular flexibility index (Phi) is 5.81. The van der Waals surface area contributed by atoms with E-state index >= 15 is 0 Å². The Morgan fingerprint density at radius 3 is 2.70 bits per heavy atom. The fourth-order valence-corrected chi connectivity index (χ4v) is 3.32. The molecule has 0 fully saturated rings. The summed E-state index contributed by atoms with van der Waals surface area (Å²) in [5.74, 6) is -1.62. The van der Waals surface area contributed by atoms with E-state index in [-0.39, 0.29) is 0 Å². The van der Waals surface area contributed by atoms with Crippen molar-refractivity contribution in [3.8, 4) is 0 Å². The van der Waals surface area contributed by atoms with Gasteiger partial charge in [0, 0.05) is 16.3 Å². The van der Waals surface area contributed by atoms with E-state index in [2.05, 4.69) is 22.1 Å². The van der Waals surface area contributed by atoms with Gasteiger partial charge in [0.15, 0.2) is 4.34 Å². The lowest BCUT2D eigenvalue weighted by atomic mass is 10.3. The van der Waals surface area contributed by atoms with Crippen molar-refractivity contribution < 1.29 is 8.78 Å². The van der Waals surface area contributed by atoms with Gasteiger partial charge in [0.2, 0.25) is 5.13 Å². The molecule has 2 rings (SSSR count). The molecular formula is C12H11F2N3S3. The van der Waals surface area contributed by atoms with E-state index in [9.17, 15) is 8.78 Å². The normalized spacial score (nSPS) is 10.8. The smallest absolute Gasteiger partial charge is 0.288 e. The summed E-state index contributed by atoms with van der Waals surface area (Å²) in [5, 5.41) is 11.8. The summed E-state index contributed by atoms with van der Waals surface area (Å²) in [6.07, 6.45) is 1.80. The highest BCUT2D eigenvalue weighted by Gasteiger charge is 2.06. The van der Waals surface area contributed by atoms with Crippen LogP contribution in [0.1, 0.15) is 0 Å². The highest BCUT2D eigenvalue weighted by Crippen LogP contribution is 2.29. The Morgan fingerprint density at radius 1 is 1.30 bits per heavy atom. The Morgan fingerprint density at radius 2 is 2.05 bits per heavy atom. The summed E-state index contributed by atoms with van der Waals surface area (Å²) in [7, 11) is 0. The molecule has 1 aromatic heterocycles. The third-order valence-electron chi connectivity index (χ3n) is 2.06. The minimum Gasteiger partial charge on any atom is -0.330 e. The molecule has 8 heteroatoms. The lowest BCUT2D eigenvalue weighted by Crippen LogP contribution is -1.89. The summed E-state index contributed by atoms with van der Waals surface area (Å²) in [4.78, 5) is 0.532. The van der Waals surface area contributed by atoms with E-state index in [1.54, 1.807) is 42.1 Å². The number of thioether (sulfide) groups is 2. The highest BCUT2D eigenvalue weighted by atomic mass is 32.2. The molecule has 1 aromatic carbocycles. The molecule has 0 saturated heterocycles. The molecule has 3 nitrogen and oxygen atoms in total. The Labute approximate surface area is 127 Å². The van der Waals surface area contributed by atoms with Crippen molar-refractivity contribution in [3.63, 3.8) is 0 Å². The van der Waals surface area contributed by atoms with Crippen molar-refractivity contribution in [2.75, 3.05) is 11.1 Å². The molecule has 1 N–H and O–H groups in total. The lowest BCUT2D eigenvalue weighted by molar-refractivity contribution is 0.252. The number of rotatable bonds is 7. The Hall–Kier alpha value is -1.12. The fourth-order valence-electron chi connectivity index (χ4n) is 1.29. The first-order chi connectivity index (χ1) is 9.67. The monoisotopic (exact) mass is 331 g/mol. The van der Waals surface area contributed by atoms with Gasteiger partial charge in [-0.05, 0) is 24.3 Å². The average molecular weight is 331 g/mol. The van der Waals surface area contributed by atoms with Crippen LogP contribution in [0.5, 0.6) is 0 Å². The highest BCUT2D eigenvalue weighted by molar-refractivity contribution is 8.01. The second-order valence-corrected chi connectivity index (χ2v) is 6.81. The Bertz CT molecular complexity index is 557. The molecular weight excluding hydrogens is 320 g/mol. The molecule has 0 spiro atoms. The zero-order valence-corrected chi connectivity index (χ0v) is 12.7. The van der Waals surface area contributed by atoms with Crippen molar-refractivity contribution >= 4 is 45.7 Å². The van der Waals surface area contributed by atoms with Crippen LogP contribution < -0.4 is 5.32 Å². The first-order valence-corrected chi connectivity index (χ1v) is 8.24. The van der Waals surface area contributed by atoms with E-state index in [1.807, 2.05) is 0 Å². The molecule has 0 bridgehead atoms. The second-order valence-electron chi connectivity index (χ2n) is 3.50. The quantitative estimate of drug-likeness (QED) is 0.578. The van der Waals surface area contributed by atoms with Crippen LogP contribution in [0.25, 0.3) is 0 Å². The summed E-state index contributed by atoms with van der Waals surface area (Å²) in [6, 6.07) is 6.77. The van der Waals surface area contributed by atoms with E-state index in [1.165, 1.54) is 11.3 Å². The summed E-state index contributed by atoms with van der Waals surface area (Å²) >= 11 is 3.53. The molecule has 0 aliphatic rings. The molecule has 0 radical (unpaired) electrons. The molecule has 0 aliphatic heterocycles. The summed E-state index contributed by atoms with van der Waals surface area (Å²) < 4.78 is 25.2. The van der Waals surface area contributed by atoms with Gasteiger partial charge in [-0.1, -0.05) is 40.9 Å². The molecule has 2 aromatic rings. The van der Waals surface area contributed by atoms with Crippen LogP contribution in [0, 0.1) is 0 Å². The van der Waals surface area contributed by atoms with Gasteiger partial charge in [-0.25, -0.2) is 0 Å². The molecule has 0 saturated carbocycles. The average Bonchev–Trinajstić information content (AvgIpc) is 2.86. The van der Waals surface area contributed by atoms with Crippen LogP contribution in [0.15, 0.2) is 46.2 Å². The van der Waals surface area contributed by atoms with Crippen LogP contribution in [0.4, 0.5) is 19.6 Å². The maximum atomic E-state index is 12.2. The predicted molar refractivity (Wildman–Crippen MR) is 82.4 cm³/mol. The third kappa shape index (κ3) is 4.77. The Balaban J connectivity index is 1.95. The largest absolute Gasteiger partial charge is 0.330 e. The van der Waals surface area contributed by atoms with Crippen LogP contribution in [0.3, 0.4) is 0 Å². The summed E-state index contributed by atoms with van der Waals surface area (Å²) in [5.41, 5.74) is 0.792. The molecule has 1 heterocycles. The molecule has 106 valence electrons. The minimum atomic E-state index is -2.40. The number of nitrogens with zero attached hydrogens (tertiary/aromatic N) is 2. The number of aromatic nitrogens is 2. The first-order valence-electron chi connectivity index (χ1n) is 5.56. The molecule has 0 aliphatic carbocycles.